The number of furan rings is 1. The molecule has 1 atom stereocenters. The number of hydrogen-bond donors (Lipinski definition) is 2. The molecule has 2 N–H and O–H groups in total. The third-order valence-corrected chi connectivity index (χ3v) is 4.32. The van der Waals surface area contributed by atoms with Crippen LogP contribution < -0.4 is 10.6 Å². The number of aliphatic imine (C=N–C) groups is 1. The van der Waals surface area contributed by atoms with Gasteiger partial charge in [-0.15, -0.1) is 24.0 Å². The molecule has 134 valence electrons. The number of amides is 1. The summed E-state index contributed by atoms with van der Waals surface area (Å²) in [6.07, 6.45) is 5.52. The first-order valence-electron chi connectivity index (χ1n) is 8.60. The Morgan fingerprint density at radius 3 is 2.92 bits per heavy atom. The zero-order valence-corrected chi connectivity index (χ0v) is 16.5. The van der Waals surface area contributed by atoms with E-state index in [1.54, 1.807) is 6.26 Å². The van der Waals surface area contributed by atoms with Crippen LogP contribution in [0.15, 0.2) is 27.8 Å². The molecule has 0 spiro atoms. The smallest absolute Gasteiger partial charge is 0.223 e. The highest BCUT2D eigenvalue weighted by atomic mass is 127. The van der Waals surface area contributed by atoms with Crippen molar-refractivity contribution in [2.45, 2.75) is 38.6 Å². The van der Waals surface area contributed by atoms with Crippen molar-refractivity contribution in [2.24, 2.45) is 10.9 Å². The maximum Gasteiger partial charge on any atom is 0.223 e. The highest BCUT2D eigenvalue weighted by Crippen LogP contribution is 2.32. The number of nitrogens with one attached hydrogen (secondary N) is 2. The van der Waals surface area contributed by atoms with Crippen molar-refractivity contribution in [2.75, 3.05) is 26.2 Å². The average molecular weight is 446 g/mol. The van der Waals surface area contributed by atoms with Crippen molar-refractivity contribution in [1.29, 1.82) is 0 Å². The number of guanidine groups is 1. The van der Waals surface area contributed by atoms with Crippen molar-refractivity contribution in [3.63, 3.8) is 0 Å². The van der Waals surface area contributed by atoms with Gasteiger partial charge in [-0.05, 0) is 31.9 Å². The highest BCUT2D eigenvalue weighted by Gasteiger charge is 2.39. The van der Waals surface area contributed by atoms with Gasteiger partial charge in [-0.2, -0.15) is 0 Å². The van der Waals surface area contributed by atoms with Gasteiger partial charge >= 0.3 is 0 Å². The molecule has 1 aromatic heterocycles. The maximum absolute atomic E-state index is 12.0. The Labute approximate surface area is 160 Å². The summed E-state index contributed by atoms with van der Waals surface area (Å²) in [5.74, 6) is 2.44. The molecule has 1 saturated heterocycles. The van der Waals surface area contributed by atoms with E-state index in [4.69, 9.17) is 4.42 Å². The van der Waals surface area contributed by atoms with Gasteiger partial charge < -0.3 is 20.0 Å². The molecule has 7 heteroatoms. The van der Waals surface area contributed by atoms with Crippen LogP contribution in [0, 0.1) is 5.92 Å². The summed E-state index contributed by atoms with van der Waals surface area (Å²) in [5.41, 5.74) is 0. The van der Waals surface area contributed by atoms with Gasteiger partial charge in [0.05, 0.1) is 6.26 Å². The van der Waals surface area contributed by atoms with Crippen LogP contribution in [-0.4, -0.2) is 49.0 Å². The quantitative estimate of drug-likeness (QED) is 0.382. The maximum atomic E-state index is 12.0. The van der Waals surface area contributed by atoms with Gasteiger partial charge in [0.2, 0.25) is 5.91 Å². The molecule has 2 aliphatic rings. The lowest BCUT2D eigenvalue weighted by Crippen LogP contribution is -2.38. The summed E-state index contributed by atoms with van der Waals surface area (Å²) in [5, 5.41) is 6.57. The van der Waals surface area contributed by atoms with Gasteiger partial charge in [0.1, 0.15) is 5.76 Å². The van der Waals surface area contributed by atoms with Crippen molar-refractivity contribution < 1.29 is 9.21 Å². The Bertz CT molecular complexity index is 543. The topological polar surface area (TPSA) is 69.9 Å². The van der Waals surface area contributed by atoms with Crippen molar-refractivity contribution in [3.8, 4) is 0 Å². The van der Waals surface area contributed by atoms with E-state index in [0.29, 0.717) is 30.8 Å². The van der Waals surface area contributed by atoms with Gasteiger partial charge in [0, 0.05) is 51.0 Å². The van der Waals surface area contributed by atoms with Crippen LogP contribution in [0.3, 0.4) is 0 Å². The third kappa shape index (κ3) is 5.39. The molecule has 1 aromatic rings. The number of rotatable bonds is 7. The summed E-state index contributed by atoms with van der Waals surface area (Å²) < 4.78 is 5.33. The Morgan fingerprint density at radius 1 is 1.42 bits per heavy atom. The van der Waals surface area contributed by atoms with Crippen LogP contribution >= 0.6 is 24.0 Å². The molecule has 6 nitrogen and oxygen atoms in total. The first kappa shape index (κ1) is 19.1. The van der Waals surface area contributed by atoms with E-state index >= 15 is 0 Å². The number of nitrogens with zero attached hydrogens (tertiary/aromatic N) is 2. The SMILES string of the molecule is CCNC(=NCC1CC(=O)N(C2CC2)C1)NCCc1ccco1.I. The Balaban J connectivity index is 0.00000208. The van der Waals surface area contributed by atoms with Gasteiger partial charge in [-0.3, -0.25) is 9.79 Å². The Hall–Kier alpha value is -1.25. The lowest BCUT2D eigenvalue weighted by Gasteiger charge is -2.15. The van der Waals surface area contributed by atoms with Crippen LogP contribution in [0.4, 0.5) is 0 Å². The van der Waals surface area contributed by atoms with E-state index in [2.05, 4.69) is 27.4 Å². The first-order chi connectivity index (χ1) is 11.3. The minimum atomic E-state index is 0. The van der Waals surface area contributed by atoms with E-state index in [1.807, 2.05) is 12.1 Å². The normalized spacial score (nSPS) is 20.9. The molecule has 0 bridgehead atoms. The molecular formula is C17H27IN4O2. The van der Waals surface area contributed by atoms with Crippen LogP contribution in [0.1, 0.15) is 31.9 Å². The van der Waals surface area contributed by atoms with Gasteiger partial charge in [-0.25, -0.2) is 0 Å². The summed E-state index contributed by atoms with van der Waals surface area (Å²) in [6.45, 7) is 5.23. The molecule has 3 rings (SSSR count). The van der Waals surface area contributed by atoms with E-state index in [1.165, 1.54) is 12.8 Å². The molecule has 0 radical (unpaired) electrons. The summed E-state index contributed by atoms with van der Waals surface area (Å²) in [7, 11) is 0. The van der Waals surface area contributed by atoms with Crippen LogP contribution in [-0.2, 0) is 11.2 Å². The van der Waals surface area contributed by atoms with E-state index < -0.39 is 0 Å². The van der Waals surface area contributed by atoms with E-state index in [-0.39, 0.29) is 24.0 Å². The van der Waals surface area contributed by atoms with Crippen molar-refractivity contribution >= 4 is 35.8 Å². The first-order valence-corrected chi connectivity index (χ1v) is 8.60. The minimum Gasteiger partial charge on any atom is -0.469 e. The average Bonchev–Trinajstić information content (AvgIpc) is 3.11. The van der Waals surface area contributed by atoms with Gasteiger partial charge in [-0.1, -0.05) is 0 Å². The van der Waals surface area contributed by atoms with Crippen LogP contribution in [0.25, 0.3) is 0 Å². The van der Waals surface area contributed by atoms with E-state index in [0.717, 1.165) is 37.8 Å². The number of carbonyl (C=O) groups excluding carboxylic acids is 1. The van der Waals surface area contributed by atoms with Crippen LogP contribution in [0.5, 0.6) is 0 Å². The van der Waals surface area contributed by atoms with E-state index in [9.17, 15) is 4.79 Å². The number of likely N-dealkylation sites (tertiary alicyclic amines) is 1. The lowest BCUT2D eigenvalue weighted by atomic mass is 10.1. The molecular weight excluding hydrogens is 419 g/mol. The number of hydrogen-bond acceptors (Lipinski definition) is 3. The van der Waals surface area contributed by atoms with Gasteiger partial charge in [0.25, 0.3) is 0 Å². The highest BCUT2D eigenvalue weighted by molar-refractivity contribution is 14.0. The molecule has 1 aliphatic heterocycles. The largest absolute Gasteiger partial charge is 0.469 e. The van der Waals surface area contributed by atoms with Gasteiger partial charge in [0.15, 0.2) is 5.96 Å². The zero-order chi connectivity index (χ0) is 16.1. The summed E-state index contributed by atoms with van der Waals surface area (Å²) >= 11 is 0. The fourth-order valence-corrected chi connectivity index (χ4v) is 2.99. The number of carbonyl (C=O) groups is 1. The predicted octanol–water partition coefficient (Wildman–Crippen LogP) is 2.01. The predicted molar refractivity (Wildman–Crippen MR) is 105 cm³/mol. The molecule has 1 unspecified atom stereocenters. The second kappa shape index (κ2) is 9.29. The minimum absolute atomic E-state index is 0. The van der Waals surface area contributed by atoms with Crippen LogP contribution in [0.2, 0.25) is 0 Å². The number of halogens is 1. The second-order valence-electron chi connectivity index (χ2n) is 6.32. The molecule has 1 saturated carbocycles. The molecule has 1 aliphatic carbocycles. The third-order valence-electron chi connectivity index (χ3n) is 4.32. The lowest BCUT2D eigenvalue weighted by molar-refractivity contribution is -0.128. The zero-order valence-electron chi connectivity index (χ0n) is 14.2. The fraction of sp³-hybridized carbons (Fsp3) is 0.647. The fourth-order valence-electron chi connectivity index (χ4n) is 2.99. The Kier molecular flexibility index (Phi) is 7.39. The second-order valence-corrected chi connectivity index (χ2v) is 6.32. The molecule has 1 amide bonds. The summed E-state index contributed by atoms with van der Waals surface area (Å²) in [6, 6.07) is 4.40. The van der Waals surface area contributed by atoms with Crippen molar-refractivity contribution in [3.05, 3.63) is 24.2 Å². The molecule has 24 heavy (non-hydrogen) atoms. The molecule has 2 fully saturated rings. The molecule has 0 aromatic carbocycles. The van der Waals surface area contributed by atoms with Crippen molar-refractivity contribution in [1.82, 2.24) is 15.5 Å². The molecule has 2 heterocycles. The summed E-state index contributed by atoms with van der Waals surface area (Å²) in [4.78, 5) is 18.7. The monoisotopic (exact) mass is 446 g/mol. The standard InChI is InChI=1S/C17H26N4O2.HI/c1-2-18-17(19-8-7-15-4-3-9-23-15)20-11-13-10-16(22)21(12-13)14-5-6-14;/h3-4,9,13-14H,2,5-8,10-12H2,1H3,(H2,18,19,20);1H. The Morgan fingerprint density at radius 2 is 2.25 bits per heavy atom.